The first kappa shape index (κ1) is 27.2. The van der Waals surface area contributed by atoms with Gasteiger partial charge in [-0.25, -0.2) is 19.0 Å². The van der Waals surface area contributed by atoms with Gasteiger partial charge in [0.1, 0.15) is 17.1 Å². The number of hydrogen-bond acceptors (Lipinski definition) is 7. The predicted molar refractivity (Wildman–Crippen MR) is 159 cm³/mol. The molecule has 42 heavy (non-hydrogen) atoms. The summed E-state index contributed by atoms with van der Waals surface area (Å²) in [5, 5.41) is 4.26. The molecule has 2 aliphatic heterocycles. The van der Waals surface area contributed by atoms with Gasteiger partial charge in [0.05, 0.1) is 17.9 Å². The molecule has 2 aliphatic rings. The van der Waals surface area contributed by atoms with Crippen LogP contribution in [0.1, 0.15) is 18.4 Å². The number of halogens is 1. The lowest BCUT2D eigenvalue weighted by molar-refractivity contribution is -0.126. The van der Waals surface area contributed by atoms with Crippen molar-refractivity contribution in [2.24, 2.45) is 5.73 Å². The van der Waals surface area contributed by atoms with Gasteiger partial charge in [0.15, 0.2) is 17.3 Å². The van der Waals surface area contributed by atoms with Crippen molar-refractivity contribution in [2.75, 3.05) is 25.4 Å². The Morgan fingerprint density at radius 3 is 2.67 bits per heavy atom. The van der Waals surface area contributed by atoms with E-state index in [9.17, 15) is 9.18 Å². The molecule has 1 saturated heterocycles. The third kappa shape index (κ3) is 5.21. The van der Waals surface area contributed by atoms with Gasteiger partial charge in [-0.3, -0.25) is 9.36 Å². The molecule has 0 saturated carbocycles. The van der Waals surface area contributed by atoms with Crippen molar-refractivity contribution in [3.63, 3.8) is 0 Å². The van der Waals surface area contributed by atoms with E-state index >= 15 is 0 Å². The van der Waals surface area contributed by atoms with Gasteiger partial charge in [0, 0.05) is 49.7 Å². The molecule has 3 aromatic heterocycles. The highest BCUT2D eigenvalue weighted by molar-refractivity contribution is 5.87. The van der Waals surface area contributed by atoms with E-state index in [4.69, 9.17) is 26.2 Å². The van der Waals surface area contributed by atoms with Gasteiger partial charge in [0.25, 0.3) is 0 Å². The lowest BCUT2D eigenvalue weighted by Gasteiger charge is -2.29. The molecule has 5 heterocycles. The normalized spacial score (nSPS) is 14.7. The Bertz CT molecular complexity index is 1740. The van der Waals surface area contributed by atoms with E-state index in [1.54, 1.807) is 27.9 Å². The number of carbonyl (C=O) groups is 1. The van der Waals surface area contributed by atoms with Crippen molar-refractivity contribution >= 4 is 22.8 Å². The number of piperidine rings is 1. The molecule has 4 N–H and O–H groups in total. The van der Waals surface area contributed by atoms with E-state index < -0.39 is 5.82 Å². The Morgan fingerprint density at radius 1 is 1.10 bits per heavy atom. The number of ether oxygens (including phenoxy) is 1. The van der Waals surface area contributed by atoms with Crippen LogP contribution in [0.25, 0.3) is 34.1 Å². The number of anilines is 1. The second kappa shape index (κ2) is 11.5. The molecule has 5 aromatic rings. The SMILES string of the molecule is C=CC(=O)N1CCC(N)CC1.Nc1cccc(F)c1-c1nc2ccc(-n3cccn3)nc2n1-c1ccc2c(c1)OCC2. The van der Waals surface area contributed by atoms with Crippen molar-refractivity contribution < 1.29 is 13.9 Å². The minimum absolute atomic E-state index is 0.0249. The number of likely N-dealkylation sites (tertiary alicyclic amines) is 1. The first-order chi connectivity index (χ1) is 20.4. The number of aromatic nitrogens is 5. The highest BCUT2D eigenvalue weighted by atomic mass is 19.1. The number of nitrogens with two attached hydrogens (primary N) is 2. The first-order valence-electron chi connectivity index (χ1n) is 13.8. The molecular weight excluding hydrogens is 535 g/mol. The molecule has 2 aromatic carbocycles. The van der Waals surface area contributed by atoms with Gasteiger partial charge in [-0.2, -0.15) is 5.10 Å². The number of amides is 1. The van der Waals surface area contributed by atoms with Crippen LogP contribution in [-0.4, -0.2) is 60.9 Å². The lowest BCUT2D eigenvalue weighted by atomic mass is 10.1. The third-order valence-corrected chi connectivity index (χ3v) is 7.46. The quantitative estimate of drug-likeness (QED) is 0.248. The minimum atomic E-state index is -0.443. The predicted octanol–water partition coefficient (Wildman–Crippen LogP) is 4.05. The van der Waals surface area contributed by atoms with Gasteiger partial charge >= 0.3 is 0 Å². The summed E-state index contributed by atoms with van der Waals surface area (Å²) in [6.07, 6.45) is 7.56. The van der Waals surface area contributed by atoms with Crippen molar-refractivity contribution in [3.8, 4) is 28.6 Å². The fraction of sp³-hybridized carbons (Fsp3) is 0.226. The Kier molecular flexibility index (Phi) is 7.41. The van der Waals surface area contributed by atoms with Crippen molar-refractivity contribution in [1.29, 1.82) is 0 Å². The molecule has 0 atom stereocenters. The van der Waals surface area contributed by atoms with Gasteiger partial charge in [0.2, 0.25) is 5.91 Å². The number of benzene rings is 2. The Morgan fingerprint density at radius 2 is 1.93 bits per heavy atom. The van der Waals surface area contributed by atoms with Crippen LogP contribution in [0.4, 0.5) is 10.1 Å². The van der Waals surface area contributed by atoms with E-state index in [1.807, 2.05) is 47.2 Å². The van der Waals surface area contributed by atoms with Crippen LogP contribution in [0.5, 0.6) is 5.75 Å². The third-order valence-electron chi connectivity index (χ3n) is 7.46. The van der Waals surface area contributed by atoms with Gasteiger partial charge in [-0.1, -0.05) is 18.7 Å². The maximum absolute atomic E-state index is 14.9. The average molecular weight is 567 g/mol. The molecule has 0 aliphatic carbocycles. The largest absolute Gasteiger partial charge is 0.493 e. The standard InChI is InChI=1S/C23H17FN6O.C8H14N2O/c24-16-3-1-4-17(25)21(16)23-27-18-7-8-20(29-11-2-10-26-29)28-22(18)30(23)15-6-5-14-9-12-31-19(14)13-15;1-2-8(11)10-5-3-7(9)4-6-10/h1-8,10-11,13H,9,12,25H2;2,7H,1,3-6,9H2. The molecule has 10 nitrogen and oxygen atoms in total. The summed E-state index contributed by atoms with van der Waals surface area (Å²) >= 11 is 0. The zero-order valence-electron chi connectivity index (χ0n) is 23.0. The van der Waals surface area contributed by atoms with Crippen LogP contribution in [0.15, 0.2) is 79.6 Å². The Labute approximate surface area is 242 Å². The number of pyridine rings is 1. The van der Waals surface area contributed by atoms with E-state index in [1.165, 1.54) is 12.1 Å². The fourth-order valence-corrected chi connectivity index (χ4v) is 5.21. The molecule has 0 radical (unpaired) electrons. The topological polar surface area (TPSA) is 130 Å². The van der Waals surface area contributed by atoms with Gasteiger partial charge < -0.3 is 21.1 Å². The molecule has 0 unspecified atom stereocenters. The van der Waals surface area contributed by atoms with Crippen LogP contribution >= 0.6 is 0 Å². The summed E-state index contributed by atoms with van der Waals surface area (Å²) in [6, 6.07) is 16.3. The van der Waals surface area contributed by atoms with Crippen LogP contribution in [0.2, 0.25) is 0 Å². The monoisotopic (exact) mass is 566 g/mol. The van der Waals surface area contributed by atoms with Crippen LogP contribution in [-0.2, 0) is 11.2 Å². The number of nitrogens with zero attached hydrogens (tertiary/aromatic N) is 6. The Balaban J connectivity index is 0.000000244. The van der Waals surface area contributed by atoms with Crippen LogP contribution in [0.3, 0.4) is 0 Å². The molecule has 214 valence electrons. The van der Waals surface area contributed by atoms with Crippen molar-refractivity contribution in [3.05, 3.63) is 91.0 Å². The first-order valence-corrected chi connectivity index (χ1v) is 13.8. The number of nitrogen functional groups attached to an aromatic ring is 1. The fourth-order valence-electron chi connectivity index (χ4n) is 5.21. The van der Waals surface area contributed by atoms with Gasteiger partial charge in [-0.15, -0.1) is 0 Å². The number of hydrogen-bond donors (Lipinski definition) is 2. The van der Waals surface area contributed by atoms with E-state index in [2.05, 4.69) is 11.7 Å². The molecular formula is C31H31FN8O2. The molecule has 1 amide bonds. The molecule has 0 spiro atoms. The summed E-state index contributed by atoms with van der Waals surface area (Å²) in [5.41, 5.74) is 15.5. The second-order valence-electron chi connectivity index (χ2n) is 10.2. The molecule has 11 heteroatoms. The lowest BCUT2D eigenvalue weighted by Crippen LogP contribution is -2.42. The van der Waals surface area contributed by atoms with Gasteiger partial charge in [-0.05, 0) is 60.9 Å². The average Bonchev–Trinajstić information content (AvgIpc) is 3.77. The highest BCUT2D eigenvalue weighted by Gasteiger charge is 2.23. The summed E-state index contributed by atoms with van der Waals surface area (Å²) in [7, 11) is 0. The molecule has 1 fully saturated rings. The Hall–Kier alpha value is -5.03. The van der Waals surface area contributed by atoms with Crippen molar-refractivity contribution in [1.82, 2.24) is 29.2 Å². The second-order valence-corrected chi connectivity index (χ2v) is 10.2. The highest BCUT2D eigenvalue weighted by Crippen LogP contribution is 2.35. The van der Waals surface area contributed by atoms with Crippen molar-refractivity contribution in [2.45, 2.75) is 25.3 Å². The zero-order chi connectivity index (χ0) is 29.2. The molecule has 0 bridgehead atoms. The number of carbonyl (C=O) groups excluding carboxylic acids is 1. The van der Waals surface area contributed by atoms with E-state index in [0.29, 0.717) is 35.1 Å². The minimum Gasteiger partial charge on any atom is -0.493 e. The van der Waals surface area contributed by atoms with E-state index in [-0.39, 0.29) is 17.5 Å². The number of rotatable bonds is 4. The summed E-state index contributed by atoms with van der Waals surface area (Å²) in [4.78, 5) is 22.3. The summed E-state index contributed by atoms with van der Waals surface area (Å²) in [5.74, 6) is 1.41. The van der Waals surface area contributed by atoms with E-state index in [0.717, 1.165) is 49.4 Å². The maximum atomic E-state index is 14.9. The zero-order valence-corrected chi connectivity index (χ0v) is 23.0. The molecule has 7 rings (SSSR count). The summed E-state index contributed by atoms with van der Waals surface area (Å²) < 4.78 is 24.1. The van der Waals surface area contributed by atoms with Crippen LogP contribution in [0, 0.1) is 5.82 Å². The van der Waals surface area contributed by atoms with Crippen LogP contribution < -0.4 is 16.2 Å². The summed E-state index contributed by atoms with van der Waals surface area (Å²) in [6.45, 7) is 5.65. The maximum Gasteiger partial charge on any atom is 0.245 e. The number of imidazole rings is 1. The smallest absolute Gasteiger partial charge is 0.245 e. The number of fused-ring (bicyclic) bond motifs is 2.